The van der Waals surface area contributed by atoms with Gasteiger partial charge in [0.15, 0.2) is 11.2 Å². The minimum Gasteiger partial charge on any atom is -0.394 e. The van der Waals surface area contributed by atoms with Gasteiger partial charge in [-0.1, -0.05) is 36.7 Å². The van der Waals surface area contributed by atoms with Crippen molar-refractivity contribution < 1.29 is 5.11 Å². The van der Waals surface area contributed by atoms with Crippen LogP contribution in [0.3, 0.4) is 0 Å². The average molecular weight is 392 g/mol. The molecule has 0 aliphatic carbocycles. The van der Waals surface area contributed by atoms with Crippen LogP contribution in [0.2, 0.25) is 5.02 Å². The van der Waals surface area contributed by atoms with Crippen LogP contribution in [0, 0.1) is 0 Å². The fourth-order valence-corrected chi connectivity index (χ4v) is 3.16. The third-order valence-electron chi connectivity index (χ3n) is 4.68. The number of benzene rings is 1. The topological polar surface area (TPSA) is 94.1 Å². The van der Waals surface area contributed by atoms with Crippen molar-refractivity contribution in [2.75, 3.05) is 11.9 Å². The van der Waals surface area contributed by atoms with Gasteiger partial charge in [-0.25, -0.2) is 4.79 Å². The second-order valence-corrected chi connectivity index (χ2v) is 6.83. The monoisotopic (exact) mass is 391 g/mol. The number of aromatic nitrogens is 4. The highest BCUT2D eigenvalue weighted by molar-refractivity contribution is 6.31. The molecule has 0 amide bonds. The second-order valence-electron chi connectivity index (χ2n) is 6.42. The number of anilines is 1. The van der Waals surface area contributed by atoms with E-state index in [9.17, 15) is 14.7 Å². The predicted molar refractivity (Wildman–Crippen MR) is 106 cm³/mol. The molecule has 0 fully saturated rings. The predicted octanol–water partition coefficient (Wildman–Crippen LogP) is 1.32. The van der Waals surface area contributed by atoms with E-state index >= 15 is 0 Å². The Morgan fingerprint density at radius 2 is 1.93 bits per heavy atom. The molecule has 144 valence electrons. The summed E-state index contributed by atoms with van der Waals surface area (Å²) in [7, 11) is 3.01. The average Bonchev–Trinajstić information content (AvgIpc) is 3.02. The van der Waals surface area contributed by atoms with E-state index in [1.54, 1.807) is 17.7 Å². The summed E-state index contributed by atoms with van der Waals surface area (Å²) in [4.78, 5) is 29.6. The smallest absolute Gasteiger partial charge is 0.332 e. The summed E-state index contributed by atoms with van der Waals surface area (Å²) in [6, 6.07) is 7.11. The van der Waals surface area contributed by atoms with Gasteiger partial charge >= 0.3 is 5.69 Å². The summed E-state index contributed by atoms with van der Waals surface area (Å²) >= 11 is 6.30. The number of nitrogens with zero attached hydrogens (tertiary/aromatic N) is 4. The van der Waals surface area contributed by atoms with Gasteiger partial charge in [0, 0.05) is 19.1 Å². The second kappa shape index (κ2) is 7.58. The molecule has 0 saturated carbocycles. The molecule has 1 atom stereocenters. The van der Waals surface area contributed by atoms with Crippen molar-refractivity contribution in [3.05, 3.63) is 55.7 Å². The molecule has 1 unspecified atom stereocenters. The number of aryl methyl sites for hydroxylation is 1. The first-order valence-electron chi connectivity index (χ1n) is 8.66. The van der Waals surface area contributed by atoms with Crippen molar-refractivity contribution in [1.29, 1.82) is 0 Å². The van der Waals surface area contributed by atoms with Crippen molar-refractivity contribution >= 4 is 28.7 Å². The maximum atomic E-state index is 12.8. The lowest BCUT2D eigenvalue weighted by Crippen LogP contribution is -2.37. The summed E-state index contributed by atoms with van der Waals surface area (Å²) in [5.74, 6) is 0.407. The summed E-state index contributed by atoms with van der Waals surface area (Å²) in [5.41, 5.74) is 0.517. The van der Waals surface area contributed by atoms with Crippen LogP contribution in [0.25, 0.3) is 11.2 Å². The van der Waals surface area contributed by atoms with E-state index in [-0.39, 0.29) is 18.3 Å². The zero-order valence-corrected chi connectivity index (χ0v) is 16.2. The van der Waals surface area contributed by atoms with Crippen LogP contribution in [-0.4, -0.2) is 36.4 Å². The summed E-state index contributed by atoms with van der Waals surface area (Å²) in [6.45, 7) is 2.15. The number of aliphatic hydroxyl groups excluding tert-OH is 1. The molecule has 0 aliphatic heterocycles. The normalized spacial score (nSPS) is 12.5. The van der Waals surface area contributed by atoms with Gasteiger partial charge in [-0.3, -0.25) is 18.5 Å². The lowest BCUT2D eigenvalue weighted by molar-refractivity contribution is 0.271. The Kier molecular flexibility index (Phi) is 5.38. The molecular formula is C18H22ClN5O3. The molecule has 3 aromatic rings. The van der Waals surface area contributed by atoms with Gasteiger partial charge in [-0.15, -0.1) is 0 Å². The van der Waals surface area contributed by atoms with Crippen molar-refractivity contribution in [3.63, 3.8) is 0 Å². The third kappa shape index (κ3) is 3.38. The Balaban J connectivity index is 2.28. The Bertz CT molecular complexity index is 1090. The van der Waals surface area contributed by atoms with Crippen LogP contribution in [0.4, 0.5) is 5.95 Å². The summed E-state index contributed by atoms with van der Waals surface area (Å²) in [5, 5.41) is 13.3. The standard InChI is InChI=1S/C18H22ClN5O3/c1-4-12(10-25)20-17-21-15-14(16(26)23(3)18(27)22(15)2)24(17)9-11-7-5-6-8-13(11)19/h5-8,12,25H,4,9-10H2,1-3H3,(H,20,21). The van der Waals surface area contributed by atoms with Crippen LogP contribution >= 0.6 is 11.6 Å². The number of halogens is 1. The third-order valence-corrected chi connectivity index (χ3v) is 5.05. The largest absolute Gasteiger partial charge is 0.394 e. The molecule has 0 saturated heterocycles. The molecule has 0 aliphatic rings. The van der Waals surface area contributed by atoms with E-state index in [0.717, 1.165) is 10.1 Å². The van der Waals surface area contributed by atoms with E-state index in [1.165, 1.54) is 11.6 Å². The zero-order valence-electron chi connectivity index (χ0n) is 15.4. The number of hydrogen-bond acceptors (Lipinski definition) is 5. The lowest BCUT2D eigenvalue weighted by Gasteiger charge is -2.17. The van der Waals surface area contributed by atoms with Gasteiger partial charge in [0.05, 0.1) is 19.2 Å². The lowest BCUT2D eigenvalue weighted by atomic mass is 10.2. The molecule has 0 radical (unpaired) electrons. The molecule has 0 spiro atoms. The van der Waals surface area contributed by atoms with Crippen LogP contribution in [0.1, 0.15) is 18.9 Å². The van der Waals surface area contributed by atoms with Crippen LogP contribution < -0.4 is 16.6 Å². The van der Waals surface area contributed by atoms with Crippen LogP contribution in [0.15, 0.2) is 33.9 Å². The quantitative estimate of drug-likeness (QED) is 0.661. The van der Waals surface area contributed by atoms with Gasteiger partial charge in [0.1, 0.15) is 0 Å². The molecule has 1 aromatic carbocycles. The van der Waals surface area contributed by atoms with E-state index in [1.807, 2.05) is 25.1 Å². The first-order valence-corrected chi connectivity index (χ1v) is 9.03. The van der Waals surface area contributed by atoms with Gasteiger partial charge in [0.25, 0.3) is 5.56 Å². The molecule has 2 aromatic heterocycles. The van der Waals surface area contributed by atoms with Gasteiger partial charge in [-0.05, 0) is 18.1 Å². The van der Waals surface area contributed by atoms with E-state index in [2.05, 4.69) is 10.3 Å². The fourth-order valence-electron chi connectivity index (χ4n) is 2.97. The highest BCUT2D eigenvalue weighted by atomic mass is 35.5. The number of nitrogens with one attached hydrogen (secondary N) is 1. The fraction of sp³-hybridized carbons (Fsp3) is 0.389. The number of imidazole rings is 1. The number of fused-ring (bicyclic) bond motifs is 1. The van der Waals surface area contributed by atoms with Gasteiger partial charge in [0.2, 0.25) is 5.95 Å². The Hall–Kier alpha value is -2.58. The molecule has 2 N–H and O–H groups in total. The minimum absolute atomic E-state index is 0.0806. The molecule has 0 bridgehead atoms. The van der Waals surface area contributed by atoms with Gasteiger partial charge in [-0.2, -0.15) is 4.98 Å². The molecule has 8 nitrogen and oxygen atoms in total. The first-order chi connectivity index (χ1) is 12.9. The first kappa shape index (κ1) is 19.2. The minimum atomic E-state index is -0.448. The van der Waals surface area contributed by atoms with Crippen LogP contribution in [0.5, 0.6) is 0 Å². The Morgan fingerprint density at radius 1 is 1.22 bits per heavy atom. The highest BCUT2D eigenvalue weighted by Gasteiger charge is 2.21. The maximum Gasteiger partial charge on any atom is 0.332 e. The molecule has 2 heterocycles. The van der Waals surface area contributed by atoms with E-state index in [0.29, 0.717) is 29.5 Å². The van der Waals surface area contributed by atoms with Gasteiger partial charge < -0.3 is 10.4 Å². The number of hydrogen-bond donors (Lipinski definition) is 2. The maximum absolute atomic E-state index is 12.8. The number of rotatable bonds is 6. The van der Waals surface area contributed by atoms with Crippen molar-refractivity contribution in [3.8, 4) is 0 Å². The molecule has 9 heteroatoms. The SMILES string of the molecule is CCC(CO)Nc1nc2c(c(=O)n(C)c(=O)n2C)n1Cc1ccccc1Cl. The molecular weight excluding hydrogens is 370 g/mol. The van der Waals surface area contributed by atoms with E-state index in [4.69, 9.17) is 11.6 Å². The zero-order chi connectivity index (χ0) is 19.7. The summed E-state index contributed by atoms with van der Waals surface area (Å²) in [6.07, 6.45) is 0.669. The van der Waals surface area contributed by atoms with E-state index < -0.39 is 11.2 Å². The number of aliphatic hydroxyl groups is 1. The highest BCUT2D eigenvalue weighted by Crippen LogP contribution is 2.22. The molecule has 3 rings (SSSR count). The van der Waals surface area contributed by atoms with Crippen molar-refractivity contribution in [2.24, 2.45) is 14.1 Å². The summed E-state index contributed by atoms with van der Waals surface area (Å²) < 4.78 is 4.10. The van der Waals surface area contributed by atoms with Crippen LogP contribution in [-0.2, 0) is 20.6 Å². The molecule has 27 heavy (non-hydrogen) atoms. The Morgan fingerprint density at radius 3 is 2.56 bits per heavy atom. The van der Waals surface area contributed by atoms with Crippen molar-refractivity contribution in [2.45, 2.75) is 25.9 Å². The Labute approximate surface area is 160 Å². The van der Waals surface area contributed by atoms with Crippen molar-refractivity contribution in [1.82, 2.24) is 18.7 Å².